The maximum atomic E-state index is 9.87. The molecule has 0 radical (unpaired) electrons. The van der Waals surface area contributed by atoms with Crippen molar-refractivity contribution in [3.8, 4) is 5.75 Å². The van der Waals surface area contributed by atoms with Crippen LogP contribution in [0.4, 0.5) is 0 Å². The molecule has 2 aromatic rings. The van der Waals surface area contributed by atoms with Crippen LogP contribution in [-0.4, -0.2) is 16.7 Å². The van der Waals surface area contributed by atoms with Gasteiger partial charge in [0, 0.05) is 11.6 Å². The molecule has 1 unspecified atom stereocenters. The Kier molecular flexibility index (Phi) is 5.36. The van der Waals surface area contributed by atoms with Crippen LogP contribution in [-0.2, 0) is 6.42 Å². The number of nitrogens with zero attached hydrogens (tertiary/aromatic N) is 1. The highest BCUT2D eigenvalue weighted by atomic mass is 32.1. The quantitative estimate of drug-likeness (QED) is 0.786. The molecule has 19 heavy (non-hydrogen) atoms. The van der Waals surface area contributed by atoms with Crippen molar-refractivity contribution in [2.24, 2.45) is 0 Å². The van der Waals surface area contributed by atoms with Crippen molar-refractivity contribution in [3.05, 3.63) is 46.4 Å². The van der Waals surface area contributed by atoms with Gasteiger partial charge in [-0.25, -0.2) is 4.98 Å². The lowest BCUT2D eigenvalue weighted by molar-refractivity contribution is 0.154. The first-order valence-corrected chi connectivity index (χ1v) is 7.46. The average molecular weight is 277 g/mol. The highest BCUT2D eigenvalue weighted by molar-refractivity contribution is 7.09. The van der Waals surface area contributed by atoms with Gasteiger partial charge in [-0.2, -0.15) is 0 Å². The third-order valence-electron chi connectivity index (χ3n) is 2.96. The molecule has 0 amide bonds. The van der Waals surface area contributed by atoms with E-state index >= 15 is 0 Å². The Bertz CT molecular complexity index is 467. The summed E-state index contributed by atoms with van der Waals surface area (Å²) in [5, 5.41) is 12.5. The molecule has 1 heterocycles. The summed E-state index contributed by atoms with van der Waals surface area (Å²) in [6.45, 7) is 2.75. The van der Waals surface area contributed by atoms with Gasteiger partial charge in [0.2, 0.25) is 0 Å². The molecule has 0 saturated carbocycles. The van der Waals surface area contributed by atoms with E-state index in [1.807, 2.05) is 17.5 Å². The van der Waals surface area contributed by atoms with Crippen LogP contribution in [0, 0.1) is 0 Å². The number of benzene rings is 1. The van der Waals surface area contributed by atoms with Crippen molar-refractivity contribution in [1.29, 1.82) is 0 Å². The first kappa shape index (κ1) is 14.0. The predicted molar refractivity (Wildman–Crippen MR) is 77.6 cm³/mol. The molecule has 1 N–H and O–H groups in total. The Morgan fingerprint density at radius 2 is 2.11 bits per heavy atom. The number of thiazole rings is 1. The zero-order valence-electron chi connectivity index (χ0n) is 11.1. The fourth-order valence-corrected chi connectivity index (χ4v) is 2.47. The average Bonchev–Trinajstić information content (AvgIpc) is 2.98. The van der Waals surface area contributed by atoms with Gasteiger partial charge in [-0.1, -0.05) is 19.1 Å². The van der Waals surface area contributed by atoms with Crippen LogP contribution in [0.2, 0.25) is 0 Å². The lowest BCUT2D eigenvalue weighted by Crippen LogP contribution is -2.02. The maximum absolute atomic E-state index is 9.87. The summed E-state index contributed by atoms with van der Waals surface area (Å²) < 4.78 is 5.65. The fourth-order valence-electron chi connectivity index (χ4n) is 1.81. The van der Waals surface area contributed by atoms with Gasteiger partial charge < -0.3 is 9.84 Å². The molecule has 1 aromatic carbocycles. The number of hydrogen-bond acceptors (Lipinski definition) is 4. The molecule has 0 saturated heterocycles. The topological polar surface area (TPSA) is 42.4 Å². The van der Waals surface area contributed by atoms with Crippen molar-refractivity contribution < 1.29 is 9.84 Å². The van der Waals surface area contributed by atoms with E-state index in [0.29, 0.717) is 13.0 Å². The van der Waals surface area contributed by atoms with E-state index in [1.165, 1.54) is 16.9 Å². The largest absolute Gasteiger partial charge is 0.494 e. The van der Waals surface area contributed by atoms with Crippen molar-refractivity contribution in [1.82, 2.24) is 4.98 Å². The van der Waals surface area contributed by atoms with Crippen molar-refractivity contribution in [2.45, 2.75) is 32.3 Å². The lowest BCUT2D eigenvalue weighted by atomic mass is 10.2. The van der Waals surface area contributed by atoms with Crippen LogP contribution in [0.15, 0.2) is 35.8 Å². The Morgan fingerprint density at radius 3 is 2.74 bits per heavy atom. The van der Waals surface area contributed by atoms with Gasteiger partial charge in [0.25, 0.3) is 0 Å². The second kappa shape index (κ2) is 7.26. The Morgan fingerprint density at radius 1 is 1.32 bits per heavy atom. The van der Waals surface area contributed by atoms with E-state index in [0.717, 1.165) is 23.6 Å². The zero-order valence-corrected chi connectivity index (χ0v) is 11.9. The molecule has 0 bridgehead atoms. The molecule has 0 aliphatic heterocycles. The highest BCUT2D eigenvalue weighted by Gasteiger charge is 2.09. The third-order valence-corrected chi connectivity index (χ3v) is 3.84. The lowest BCUT2D eigenvalue weighted by Gasteiger charge is -2.09. The van der Waals surface area contributed by atoms with E-state index in [-0.39, 0.29) is 0 Å². The molecule has 0 fully saturated rings. The zero-order chi connectivity index (χ0) is 13.5. The molecule has 102 valence electrons. The molecule has 4 heteroatoms. The molecule has 0 aliphatic rings. The van der Waals surface area contributed by atoms with Crippen LogP contribution in [0.1, 0.15) is 36.4 Å². The summed E-state index contributed by atoms with van der Waals surface area (Å²) in [5.41, 5.74) is 1.31. The number of aliphatic hydroxyl groups excluding tert-OH is 1. The van der Waals surface area contributed by atoms with E-state index in [2.05, 4.69) is 24.0 Å². The summed E-state index contributed by atoms with van der Waals surface area (Å²) in [7, 11) is 0. The molecule has 3 nitrogen and oxygen atoms in total. The van der Waals surface area contributed by atoms with Gasteiger partial charge in [0.1, 0.15) is 16.9 Å². The number of aromatic nitrogens is 1. The summed E-state index contributed by atoms with van der Waals surface area (Å²) in [5.74, 6) is 0.890. The summed E-state index contributed by atoms with van der Waals surface area (Å²) in [6, 6.07) is 8.16. The number of ether oxygens (including phenoxy) is 1. The Labute approximate surface area is 117 Å². The Balaban J connectivity index is 1.68. The highest BCUT2D eigenvalue weighted by Crippen LogP contribution is 2.20. The second-order valence-electron chi connectivity index (χ2n) is 4.37. The summed E-state index contributed by atoms with van der Waals surface area (Å²) in [4.78, 5) is 4.10. The summed E-state index contributed by atoms with van der Waals surface area (Å²) in [6.07, 6.45) is 3.79. The first-order valence-electron chi connectivity index (χ1n) is 6.58. The SMILES string of the molecule is CCc1ccc(OCCCC(O)c2nccs2)cc1. The van der Waals surface area contributed by atoms with E-state index in [4.69, 9.17) is 4.74 Å². The molecule has 0 aliphatic carbocycles. The van der Waals surface area contributed by atoms with Crippen molar-refractivity contribution >= 4 is 11.3 Å². The Hall–Kier alpha value is -1.39. The van der Waals surface area contributed by atoms with Gasteiger partial charge in [-0.3, -0.25) is 0 Å². The van der Waals surface area contributed by atoms with Gasteiger partial charge in [-0.15, -0.1) is 11.3 Å². The van der Waals surface area contributed by atoms with Crippen molar-refractivity contribution in [2.75, 3.05) is 6.61 Å². The molecule has 0 spiro atoms. The van der Waals surface area contributed by atoms with Crippen LogP contribution < -0.4 is 4.74 Å². The maximum Gasteiger partial charge on any atom is 0.121 e. The van der Waals surface area contributed by atoms with E-state index < -0.39 is 6.10 Å². The standard InChI is InChI=1S/C15H19NO2S/c1-2-12-5-7-13(8-6-12)18-10-3-4-14(17)15-16-9-11-19-15/h5-9,11,14,17H,2-4,10H2,1H3. The van der Waals surface area contributed by atoms with Gasteiger partial charge in [-0.05, 0) is 37.0 Å². The molecule has 1 aromatic heterocycles. The second-order valence-corrected chi connectivity index (χ2v) is 5.30. The normalized spacial score (nSPS) is 12.3. The number of hydrogen-bond donors (Lipinski definition) is 1. The van der Waals surface area contributed by atoms with Crippen molar-refractivity contribution in [3.63, 3.8) is 0 Å². The number of aliphatic hydroxyl groups is 1. The minimum atomic E-state index is -0.467. The van der Waals surface area contributed by atoms with E-state index in [9.17, 15) is 5.11 Å². The first-order chi connectivity index (χ1) is 9.29. The molecular formula is C15H19NO2S. The van der Waals surface area contributed by atoms with Gasteiger partial charge >= 0.3 is 0 Å². The monoisotopic (exact) mass is 277 g/mol. The smallest absolute Gasteiger partial charge is 0.121 e. The fraction of sp³-hybridized carbons (Fsp3) is 0.400. The van der Waals surface area contributed by atoms with Gasteiger partial charge in [0.15, 0.2) is 0 Å². The minimum Gasteiger partial charge on any atom is -0.494 e. The molecule has 1 atom stereocenters. The third kappa shape index (κ3) is 4.33. The van der Waals surface area contributed by atoms with Crippen LogP contribution in [0.5, 0.6) is 5.75 Å². The number of rotatable bonds is 7. The minimum absolute atomic E-state index is 0.467. The van der Waals surface area contributed by atoms with Gasteiger partial charge in [0.05, 0.1) is 6.61 Å². The number of aryl methyl sites for hydroxylation is 1. The van der Waals surface area contributed by atoms with Crippen LogP contribution in [0.3, 0.4) is 0 Å². The predicted octanol–water partition coefficient (Wildman–Crippen LogP) is 3.60. The van der Waals surface area contributed by atoms with Crippen LogP contribution in [0.25, 0.3) is 0 Å². The molecular weight excluding hydrogens is 258 g/mol. The molecule has 2 rings (SSSR count). The van der Waals surface area contributed by atoms with Crippen LogP contribution >= 0.6 is 11.3 Å². The summed E-state index contributed by atoms with van der Waals surface area (Å²) >= 11 is 1.49. The van der Waals surface area contributed by atoms with E-state index in [1.54, 1.807) is 6.20 Å².